The summed E-state index contributed by atoms with van der Waals surface area (Å²) in [5, 5.41) is 3.10. The minimum Gasteiger partial charge on any atom is -0.352 e. The molecule has 7 heteroatoms. The van der Waals surface area contributed by atoms with E-state index in [0.717, 1.165) is 31.2 Å². The molecule has 3 aliphatic rings. The van der Waals surface area contributed by atoms with Crippen LogP contribution in [0.3, 0.4) is 0 Å². The Hall–Kier alpha value is -2.96. The lowest BCUT2D eigenvalue weighted by molar-refractivity contribution is -0.143. The molecule has 1 aromatic rings. The van der Waals surface area contributed by atoms with Crippen LogP contribution in [0.2, 0.25) is 0 Å². The molecule has 4 amide bonds. The Morgan fingerprint density at radius 1 is 1.03 bits per heavy atom. The fourth-order valence-corrected chi connectivity index (χ4v) is 5.40. The van der Waals surface area contributed by atoms with Crippen molar-refractivity contribution >= 4 is 23.6 Å². The summed E-state index contributed by atoms with van der Waals surface area (Å²) in [4.78, 5) is 54.7. The van der Waals surface area contributed by atoms with Gasteiger partial charge in [-0.25, -0.2) is 0 Å². The van der Waals surface area contributed by atoms with Gasteiger partial charge < -0.3 is 10.2 Å². The number of amides is 4. The van der Waals surface area contributed by atoms with E-state index in [1.807, 2.05) is 42.5 Å². The van der Waals surface area contributed by atoms with Gasteiger partial charge in [0.2, 0.25) is 23.6 Å². The maximum Gasteiger partial charge on any atom is 0.242 e. The van der Waals surface area contributed by atoms with Crippen LogP contribution in [0, 0.1) is 11.8 Å². The van der Waals surface area contributed by atoms with E-state index in [9.17, 15) is 19.2 Å². The van der Waals surface area contributed by atoms with Crippen LogP contribution in [0.4, 0.5) is 0 Å². The number of benzene rings is 1. The minimum atomic E-state index is -0.617. The maximum atomic E-state index is 13.3. The third kappa shape index (κ3) is 5.40. The topological polar surface area (TPSA) is 86.8 Å². The fourth-order valence-electron chi connectivity index (χ4n) is 5.40. The largest absolute Gasteiger partial charge is 0.352 e. The lowest BCUT2D eigenvalue weighted by Crippen LogP contribution is -2.51. The molecule has 2 fully saturated rings. The molecule has 4 rings (SSSR count). The Morgan fingerprint density at radius 3 is 2.26 bits per heavy atom. The number of nitrogens with zero attached hydrogens (tertiary/aromatic N) is 2. The van der Waals surface area contributed by atoms with Crippen LogP contribution in [0.5, 0.6) is 0 Å². The Balaban J connectivity index is 1.40. The standard InChI is InChI=1S/C27H35N3O4/c1-19(25(32)28-21-11-5-6-12-21)29(17-15-20-9-3-2-4-10-20)24(31)16-18-30-26(33)22-13-7-8-14-23(22)27(30)34/h2-4,7-10,19,21-23H,5-6,11-18H2,1H3,(H,28,32)/t19?,22-,23+. The third-order valence-corrected chi connectivity index (χ3v) is 7.50. The first-order valence-electron chi connectivity index (χ1n) is 12.6. The Morgan fingerprint density at radius 2 is 1.65 bits per heavy atom. The molecule has 0 spiro atoms. The predicted molar refractivity (Wildman–Crippen MR) is 128 cm³/mol. The van der Waals surface area contributed by atoms with Crippen LogP contribution in [0.25, 0.3) is 0 Å². The van der Waals surface area contributed by atoms with Crippen molar-refractivity contribution in [3.8, 4) is 0 Å². The molecule has 1 unspecified atom stereocenters. The lowest BCUT2D eigenvalue weighted by Gasteiger charge is -2.30. The molecule has 182 valence electrons. The van der Waals surface area contributed by atoms with E-state index in [4.69, 9.17) is 0 Å². The van der Waals surface area contributed by atoms with Gasteiger partial charge in [0.1, 0.15) is 6.04 Å². The van der Waals surface area contributed by atoms with Crippen LogP contribution in [-0.2, 0) is 25.6 Å². The Bertz CT molecular complexity index is 912. The third-order valence-electron chi connectivity index (χ3n) is 7.50. The summed E-state index contributed by atoms with van der Waals surface area (Å²) in [5.41, 5.74) is 1.09. The summed E-state index contributed by atoms with van der Waals surface area (Å²) in [6.45, 7) is 2.24. The van der Waals surface area contributed by atoms with Gasteiger partial charge in [0.15, 0.2) is 0 Å². The summed E-state index contributed by atoms with van der Waals surface area (Å²) >= 11 is 0. The molecular formula is C27H35N3O4. The summed E-state index contributed by atoms with van der Waals surface area (Å²) in [5.74, 6) is -1.28. The normalized spacial score (nSPS) is 23.1. The smallest absolute Gasteiger partial charge is 0.242 e. The van der Waals surface area contributed by atoms with Crippen molar-refractivity contribution in [1.29, 1.82) is 0 Å². The molecule has 0 radical (unpaired) electrons. The van der Waals surface area contributed by atoms with Crippen molar-refractivity contribution in [2.24, 2.45) is 11.8 Å². The lowest BCUT2D eigenvalue weighted by atomic mass is 9.85. The van der Waals surface area contributed by atoms with E-state index < -0.39 is 6.04 Å². The molecule has 7 nitrogen and oxygen atoms in total. The number of carbonyl (C=O) groups excluding carboxylic acids is 4. The maximum absolute atomic E-state index is 13.3. The Labute approximate surface area is 201 Å². The summed E-state index contributed by atoms with van der Waals surface area (Å²) < 4.78 is 0. The number of carbonyl (C=O) groups is 4. The van der Waals surface area contributed by atoms with Crippen LogP contribution >= 0.6 is 0 Å². The van der Waals surface area contributed by atoms with Crippen LogP contribution < -0.4 is 5.32 Å². The average molecular weight is 466 g/mol. The predicted octanol–water partition coefficient (Wildman–Crippen LogP) is 2.85. The highest BCUT2D eigenvalue weighted by atomic mass is 16.2. The van der Waals surface area contributed by atoms with Gasteiger partial charge >= 0.3 is 0 Å². The second-order valence-electron chi connectivity index (χ2n) is 9.72. The monoisotopic (exact) mass is 465 g/mol. The SMILES string of the molecule is CC(C(=O)NC1CCCC1)N(CCc1ccccc1)C(=O)CCN1C(=O)[C@H]2CC=CC[C@H]2C1=O. The van der Waals surface area contributed by atoms with E-state index in [1.165, 1.54) is 4.90 Å². The number of likely N-dealkylation sites (tertiary alicyclic amines) is 1. The molecule has 0 bridgehead atoms. The van der Waals surface area contributed by atoms with Crippen LogP contribution in [-0.4, -0.2) is 58.6 Å². The molecule has 2 aliphatic carbocycles. The Kier molecular flexibility index (Phi) is 7.80. The number of hydrogen-bond donors (Lipinski definition) is 1. The van der Waals surface area contributed by atoms with E-state index in [-0.39, 0.29) is 54.5 Å². The van der Waals surface area contributed by atoms with Crippen LogP contribution in [0.15, 0.2) is 42.5 Å². The van der Waals surface area contributed by atoms with Gasteiger partial charge in [-0.2, -0.15) is 0 Å². The first-order chi connectivity index (χ1) is 16.5. The number of allylic oxidation sites excluding steroid dienone is 2. The molecule has 1 saturated carbocycles. The van der Waals surface area contributed by atoms with Gasteiger partial charge in [-0.3, -0.25) is 24.1 Å². The zero-order valence-electron chi connectivity index (χ0n) is 19.9. The zero-order chi connectivity index (χ0) is 24.1. The van der Waals surface area contributed by atoms with E-state index in [0.29, 0.717) is 25.8 Å². The summed E-state index contributed by atoms with van der Waals surface area (Å²) in [7, 11) is 0. The first-order valence-corrected chi connectivity index (χ1v) is 12.6. The zero-order valence-corrected chi connectivity index (χ0v) is 19.9. The van der Waals surface area contributed by atoms with Crippen molar-refractivity contribution in [1.82, 2.24) is 15.1 Å². The first kappa shape index (κ1) is 24.2. The molecule has 1 heterocycles. The van der Waals surface area contributed by atoms with Gasteiger partial charge in [-0.05, 0) is 44.6 Å². The number of nitrogens with one attached hydrogen (secondary N) is 1. The summed E-state index contributed by atoms with van der Waals surface area (Å²) in [6, 6.07) is 9.42. The highest BCUT2D eigenvalue weighted by molar-refractivity contribution is 6.05. The number of imide groups is 1. The molecule has 3 atom stereocenters. The van der Waals surface area contributed by atoms with Gasteiger partial charge in [-0.1, -0.05) is 55.3 Å². The summed E-state index contributed by atoms with van der Waals surface area (Å²) in [6.07, 6.45) is 9.93. The van der Waals surface area contributed by atoms with Crippen molar-refractivity contribution < 1.29 is 19.2 Å². The number of hydrogen-bond acceptors (Lipinski definition) is 4. The second kappa shape index (κ2) is 11.0. The quantitative estimate of drug-likeness (QED) is 0.449. The van der Waals surface area contributed by atoms with Gasteiger partial charge in [0.25, 0.3) is 0 Å². The molecule has 1 N–H and O–H groups in total. The van der Waals surface area contributed by atoms with E-state index >= 15 is 0 Å². The van der Waals surface area contributed by atoms with Crippen molar-refractivity contribution in [2.45, 2.75) is 70.4 Å². The molecule has 1 saturated heterocycles. The molecule has 0 aromatic heterocycles. The van der Waals surface area contributed by atoms with Gasteiger partial charge in [-0.15, -0.1) is 0 Å². The van der Waals surface area contributed by atoms with Gasteiger partial charge in [0, 0.05) is 25.6 Å². The van der Waals surface area contributed by atoms with Crippen molar-refractivity contribution in [3.05, 3.63) is 48.0 Å². The number of rotatable bonds is 9. The van der Waals surface area contributed by atoms with E-state index in [1.54, 1.807) is 11.8 Å². The average Bonchev–Trinajstić information content (AvgIpc) is 3.45. The molecule has 1 aliphatic heterocycles. The van der Waals surface area contributed by atoms with Crippen molar-refractivity contribution in [2.75, 3.05) is 13.1 Å². The fraction of sp³-hybridized carbons (Fsp3) is 0.556. The highest BCUT2D eigenvalue weighted by Gasteiger charge is 2.47. The molecule has 34 heavy (non-hydrogen) atoms. The molecule has 1 aromatic carbocycles. The van der Waals surface area contributed by atoms with E-state index in [2.05, 4.69) is 5.32 Å². The van der Waals surface area contributed by atoms with Crippen molar-refractivity contribution in [3.63, 3.8) is 0 Å². The molecular weight excluding hydrogens is 430 g/mol. The second-order valence-corrected chi connectivity index (χ2v) is 9.72. The highest BCUT2D eigenvalue weighted by Crippen LogP contribution is 2.35. The number of fused-ring (bicyclic) bond motifs is 1. The minimum absolute atomic E-state index is 0.0280. The van der Waals surface area contributed by atoms with Gasteiger partial charge in [0.05, 0.1) is 11.8 Å². The van der Waals surface area contributed by atoms with Crippen LogP contribution in [0.1, 0.15) is 57.4 Å².